The Morgan fingerprint density at radius 3 is 2.35 bits per heavy atom. The lowest BCUT2D eigenvalue weighted by atomic mass is 10.0. The number of rotatable bonds is 2. The van der Waals surface area contributed by atoms with E-state index >= 15 is 0 Å². The average molecular weight is 268 g/mol. The van der Waals surface area contributed by atoms with Gasteiger partial charge in [0.2, 0.25) is 5.95 Å². The second-order valence-electron chi connectivity index (χ2n) is 4.62. The van der Waals surface area contributed by atoms with Crippen LogP contribution in [0.1, 0.15) is 11.1 Å². The van der Waals surface area contributed by atoms with Gasteiger partial charge in [-0.15, -0.1) is 0 Å². The molecular weight excluding hydrogens is 255 g/mol. The molecule has 0 radical (unpaired) electrons. The highest BCUT2D eigenvalue weighted by molar-refractivity contribution is 5.89. The van der Waals surface area contributed by atoms with Crippen LogP contribution in [0.2, 0.25) is 0 Å². The van der Waals surface area contributed by atoms with E-state index in [1.807, 2.05) is 18.2 Å². The van der Waals surface area contributed by atoms with Crippen LogP contribution in [-0.4, -0.2) is 9.97 Å². The van der Waals surface area contributed by atoms with E-state index in [-0.39, 0.29) is 11.8 Å². The van der Waals surface area contributed by atoms with Crippen LogP contribution in [0.5, 0.6) is 0 Å². The first-order chi connectivity index (χ1) is 9.61. The molecule has 2 aromatic carbocycles. The lowest BCUT2D eigenvalue weighted by Crippen LogP contribution is -2.01. The molecule has 0 aliphatic rings. The number of aromatic nitrogens is 2. The summed E-state index contributed by atoms with van der Waals surface area (Å²) in [6.07, 6.45) is 0.694. The maximum absolute atomic E-state index is 12.9. The van der Waals surface area contributed by atoms with Crippen molar-refractivity contribution in [1.82, 2.24) is 9.97 Å². The van der Waals surface area contributed by atoms with Crippen molar-refractivity contribution in [3.8, 4) is 0 Å². The second kappa shape index (κ2) is 4.77. The number of nitrogen functional groups attached to an aromatic ring is 2. The Morgan fingerprint density at radius 1 is 0.900 bits per heavy atom. The molecule has 4 N–H and O–H groups in total. The van der Waals surface area contributed by atoms with Gasteiger partial charge in [-0.1, -0.05) is 18.2 Å². The van der Waals surface area contributed by atoms with Gasteiger partial charge in [0, 0.05) is 5.39 Å². The first-order valence-corrected chi connectivity index (χ1v) is 6.18. The van der Waals surface area contributed by atoms with E-state index in [1.54, 1.807) is 12.1 Å². The number of nitrogens with two attached hydrogens (primary N) is 2. The molecule has 0 fully saturated rings. The first-order valence-electron chi connectivity index (χ1n) is 6.18. The van der Waals surface area contributed by atoms with Gasteiger partial charge in [0.05, 0.1) is 5.52 Å². The van der Waals surface area contributed by atoms with Crippen LogP contribution in [0.25, 0.3) is 10.9 Å². The van der Waals surface area contributed by atoms with E-state index in [0.717, 1.165) is 22.0 Å². The molecule has 1 aromatic heterocycles. The molecule has 3 rings (SSSR count). The molecule has 4 nitrogen and oxygen atoms in total. The van der Waals surface area contributed by atoms with Crippen molar-refractivity contribution in [3.05, 3.63) is 59.4 Å². The zero-order chi connectivity index (χ0) is 14.1. The minimum absolute atomic E-state index is 0.168. The van der Waals surface area contributed by atoms with Crippen molar-refractivity contribution in [2.45, 2.75) is 6.42 Å². The SMILES string of the molecule is Nc1nc(N)c2cc(Cc3ccc(F)cc3)ccc2n1. The van der Waals surface area contributed by atoms with E-state index in [9.17, 15) is 4.39 Å². The molecular formula is C15H13FN4. The zero-order valence-electron chi connectivity index (χ0n) is 10.7. The van der Waals surface area contributed by atoms with Crippen LogP contribution in [-0.2, 0) is 6.42 Å². The largest absolute Gasteiger partial charge is 0.383 e. The predicted octanol–water partition coefficient (Wildman–Crippen LogP) is 2.52. The molecule has 0 saturated heterocycles. The summed E-state index contributed by atoms with van der Waals surface area (Å²) < 4.78 is 12.9. The average Bonchev–Trinajstić information content (AvgIpc) is 2.42. The first kappa shape index (κ1) is 12.3. The van der Waals surface area contributed by atoms with Crippen LogP contribution in [0, 0.1) is 5.82 Å². The summed E-state index contributed by atoms with van der Waals surface area (Å²) in [6, 6.07) is 12.2. The molecule has 0 amide bonds. The maximum atomic E-state index is 12.9. The number of anilines is 2. The molecule has 3 aromatic rings. The van der Waals surface area contributed by atoms with Crippen LogP contribution in [0.15, 0.2) is 42.5 Å². The molecule has 100 valence electrons. The van der Waals surface area contributed by atoms with Crippen molar-refractivity contribution >= 4 is 22.7 Å². The number of hydrogen-bond donors (Lipinski definition) is 2. The Labute approximate surface area is 115 Å². The van der Waals surface area contributed by atoms with Crippen molar-refractivity contribution in [3.63, 3.8) is 0 Å². The van der Waals surface area contributed by atoms with Crippen LogP contribution in [0.3, 0.4) is 0 Å². The zero-order valence-corrected chi connectivity index (χ0v) is 10.7. The molecule has 0 spiro atoms. The normalized spacial score (nSPS) is 10.8. The third kappa shape index (κ3) is 2.38. The third-order valence-corrected chi connectivity index (χ3v) is 3.13. The summed E-state index contributed by atoms with van der Waals surface area (Å²) in [4.78, 5) is 8.09. The molecule has 0 unspecified atom stereocenters. The molecule has 0 saturated carbocycles. The van der Waals surface area contributed by atoms with Crippen LogP contribution >= 0.6 is 0 Å². The van der Waals surface area contributed by atoms with Crippen molar-refractivity contribution in [2.75, 3.05) is 11.5 Å². The minimum atomic E-state index is -0.236. The van der Waals surface area contributed by atoms with Gasteiger partial charge in [0.25, 0.3) is 0 Å². The van der Waals surface area contributed by atoms with Crippen LogP contribution < -0.4 is 11.5 Å². The monoisotopic (exact) mass is 268 g/mol. The Morgan fingerprint density at radius 2 is 1.60 bits per heavy atom. The number of halogens is 1. The van der Waals surface area contributed by atoms with Gasteiger partial charge >= 0.3 is 0 Å². The highest BCUT2D eigenvalue weighted by Gasteiger charge is 2.05. The minimum Gasteiger partial charge on any atom is -0.383 e. The van der Waals surface area contributed by atoms with E-state index in [2.05, 4.69) is 9.97 Å². The number of benzene rings is 2. The molecule has 0 atom stereocenters. The summed E-state index contributed by atoms with van der Waals surface area (Å²) in [6.45, 7) is 0. The van der Waals surface area contributed by atoms with Crippen molar-refractivity contribution in [1.29, 1.82) is 0 Å². The summed E-state index contributed by atoms with van der Waals surface area (Å²) in [5, 5.41) is 0.777. The standard InChI is InChI=1S/C15H13FN4/c16-11-4-1-9(2-5-11)7-10-3-6-13-12(8-10)14(17)20-15(18)19-13/h1-6,8H,7H2,(H4,17,18,19,20). The Hall–Kier alpha value is -2.69. The Bertz CT molecular complexity index is 769. The maximum Gasteiger partial charge on any atom is 0.222 e. The van der Waals surface area contributed by atoms with Gasteiger partial charge in [0.15, 0.2) is 0 Å². The van der Waals surface area contributed by atoms with E-state index in [1.165, 1.54) is 12.1 Å². The van der Waals surface area contributed by atoms with E-state index in [0.29, 0.717) is 12.2 Å². The quantitative estimate of drug-likeness (QED) is 0.748. The lowest BCUT2D eigenvalue weighted by Gasteiger charge is -2.06. The fourth-order valence-corrected chi connectivity index (χ4v) is 2.17. The van der Waals surface area contributed by atoms with Crippen molar-refractivity contribution < 1.29 is 4.39 Å². The number of nitrogens with zero attached hydrogens (tertiary/aromatic N) is 2. The summed E-state index contributed by atoms with van der Waals surface area (Å²) >= 11 is 0. The molecule has 20 heavy (non-hydrogen) atoms. The molecule has 1 heterocycles. The van der Waals surface area contributed by atoms with Gasteiger partial charge in [-0.05, 0) is 41.8 Å². The lowest BCUT2D eigenvalue weighted by molar-refractivity contribution is 0.627. The second-order valence-corrected chi connectivity index (χ2v) is 4.62. The summed E-state index contributed by atoms with van der Waals surface area (Å²) in [7, 11) is 0. The fourth-order valence-electron chi connectivity index (χ4n) is 2.17. The smallest absolute Gasteiger partial charge is 0.222 e. The molecule has 5 heteroatoms. The fraction of sp³-hybridized carbons (Fsp3) is 0.0667. The molecule has 0 bridgehead atoms. The van der Waals surface area contributed by atoms with Gasteiger partial charge in [-0.3, -0.25) is 0 Å². The number of hydrogen-bond acceptors (Lipinski definition) is 4. The summed E-state index contributed by atoms with van der Waals surface area (Å²) in [5.74, 6) is 0.301. The van der Waals surface area contributed by atoms with Gasteiger partial charge in [-0.2, -0.15) is 4.98 Å². The summed E-state index contributed by atoms with van der Waals surface area (Å²) in [5.41, 5.74) is 14.2. The topological polar surface area (TPSA) is 77.8 Å². The van der Waals surface area contributed by atoms with E-state index < -0.39 is 0 Å². The third-order valence-electron chi connectivity index (χ3n) is 3.13. The highest BCUT2D eigenvalue weighted by Crippen LogP contribution is 2.21. The van der Waals surface area contributed by atoms with Gasteiger partial charge in [0.1, 0.15) is 11.6 Å². The predicted molar refractivity (Wildman–Crippen MR) is 77.6 cm³/mol. The van der Waals surface area contributed by atoms with Crippen molar-refractivity contribution in [2.24, 2.45) is 0 Å². The Balaban J connectivity index is 1.98. The number of fused-ring (bicyclic) bond motifs is 1. The Kier molecular flexibility index (Phi) is 2.95. The molecule has 0 aliphatic heterocycles. The van der Waals surface area contributed by atoms with Gasteiger partial charge < -0.3 is 11.5 Å². The van der Waals surface area contributed by atoms with Crippen LogP contribution in [0.4, 0.5) is 16.2 Å². The van der Waals surface area contributed by atoms with Gasteiger partial charge in [-0.25, -0.2) is 9.37 Å². The van der Waals surface area contributed by atoms with E-state index in [4.69, 9.17) is 11.5 Å². The molecule has 0 aliphatic carbocycles. The highest BCUT2D eigenvalue weighted by atomic mass is 19.1.